The molecule has 15 heavy (non-hydrogen) atoms. The number of hydrogen-bond donors (Lipinski definition) is 0. The quantitative estimate of drug-likeness (QED) is 0.454. The molecular weight excluding hydrogens is 371 g/mol. The van der Waals surface area contributed by atoms with Gasteiger partial charge in [-0.05, 0) is 59.4 Å². The van der Waals surface area contributed by atoms with E-state index < -0.39 is 0 Å². The van der Waals surface area contributed by atoms with E-state index in [4.69, 9.17) is 4.74 Å². The highest BCUT2D eigenvalue weighted by atomic mass is 127. The van der Waals surface area contributed by atoms with Crippen molar-refractivity contribution in [2.24, 2.45) is 0 Å². The molecule has 80 valence electrons. The van der Waals surface area contributed by atoms with Crippen molar-refractivity contribution in [3.8, 4) is 0 Å². The van der Waals surface area contributed by atoms with Crippen LogP contribution in [0.5, 0.6) is 0 Å². The average molecular weight is 381 g/mol. The van der Waals surface area contributed by atoms with E-state index in [0.717, 1.165) is 13.6 Å². The minimum atomic E-state index is -0.312. The molecule has 0 bridgehead atoms. The van der Waals surface area contributed by atoms with Crippen LogP contribution in [-0.2, 0) is 9.53 Å². The van der Waals surface area contributed by atoms with Crippen LogP contribution in [-0.4, -0.2) is 12.6 Å². The molecule has 0 unspecified atom stereocenters. The number of carbonyl (C=O) groups excluding carboxylic acids is 1. The van der Waals surface area contributed by atoms with Gasteiger partial charge in [-0.25, -0.2) is 4.79 Å². The normalized spacial score (nSPS) is 10.6. The van der Waals surface area contributed by atoms with Crippen molar-refractivity contribution < 1.29 is 9.53 Å². The molecule has 0 amide bonds. The lowest BCUT2D eigenvalue weighted by Gasteiger charge is -1.99. The summed E-state index contributed by atoms with van der Waals surface area (Å²) in [7, 11) is 0. The van der Waals surface area contributed by atoms with E-state index in [2.05, 4.69) is 38.5 Å². The molecule has 0 fully saturated rings. The van der Waals surface area contributed by atoms with Gasteiger partial charge < -0.3 is 4.74 Å². The van der Waals surface area contributed by atoms with Crippen molar-refractivity contribution in [2.45, 2.75) is 6.92 Å². The fourth-order valence-electron chi connectivity index (χ4n) is 0.991. The third kappa shape index (κ3) is 4.34. The van der Waals surface area contributed by atoms with Gasteiger partial charge >= 0.3 is 5.97 Å². The molecule has 0 N–H and O–H groups in total. The minimum Gasteiger partial charge on any atom is -0.463 e. The molecule has 2 nitrogen and oxygen atoms in total. The van der Waals surface area contributed by atoms with E-state index in [0.29, 0.717) is 6.61 Å². The Bertz CT molecular complexity index is 388. The molecule has 1 aromatic rings. The number of carbonyl (C=O) groups is 1. The number of ether oxygens (including phenoxy) is 1. The highest BCUT2D eigenvalue weighted by Gasteiger charge is 1.98. The Balaban J connectivity index is 2.79. The van der Waals surface area contributed by atoms with Gasteiger partial charge in [0.05, 0.1) is 6.61 Å². The predicted molar refractivity (Wildman–Crippen MR) is 72.5 cm³/mol. The molecule has 0 saturated heterocycles. The van der Waals surface area contributed by atoms with Gasteiger partial charge in [0.15, 0.2) is 0 Å². The number of rotatable bonds is 3. The first kappa shape index (κ1) is 12.7. The van der Waals surface area contributed by atoms with Crippen LogP contribution in [0.25, 0.3) is 6.08 Å². The molecule has 1 rings (SSSR count). The lowest BCUT2D eigenvalue weighted by molar-refractivity contribution is -0.137. The Labute approximate surface area is 111 Å². The SMILES string of the molecule is CCOC(=O)/C=C/c1cc(Br)ccc1I. The molecule has 0 radical (unpaired) electrons. The van der Waals surface area contributed by atoms with Gasteiger partial charge in [0, 0.05) is 14.1 Å². The number of halogens is 2. The Hall–Kier alpha value is -0.360. The third-order valence-electron chi connectivity index (χ3n) is 1.64. The number of benzene rings is 1. The molecule has 0 saturated carbocycles. The summed E-state index contributed by atoms with van der Waals surface area (Å²) in [6.07, 6.45) is 3.19. The molecule has 0 heterocycles. The van der Waals surface area contributed by atoms with E-state index >= 15 is 0 Å². The molecule has 0 aliphatic carbocycles. The van der Waals surface area contributed by atoms with Crippen LogP contribution in [0.15, 0.2) is 28.7 Å². The molecule has 0 atom stereocenters. The standard InChI is InChI=1S/C11H10BrIO2/c1-2-15-11(14)6-3-8-7-9(12)4-5-10(8)13/h3-7H,2H2,1H3/b6-3+. The second-order valence-electron chi connectivity index (χ2n) is 2.75. The van der Waals surface area contributed by atoms with Crippen molar-refractivity contribution >= 4 is 50.6 Å². The molecular formula is C11H10BrIO2. The first-order chi connectivity index (χ1) is 7.13. The molecule has 0 aliphatic rings. The van der Waals surface area contributed by atoms with Gasteiger partial charge in [0.25, 0.3) is 0 Å². The minimum absolute atomic E-state index is 0.312. The average Bonchev–Trinajstić information content (AvgIpc) is 2.20. The van der Waals surface area contributed by atoms with E-state index in [9.17, 15) is 4.79 Å². The van der Waals surface area contributed by atoms with Crippen LogP contribution in [0.4, 0.5) is 0 Å². The van der Waals surface area contributed by atoms with Crippen molar-refractivity contribution in [1.82, 2.24) is 0 Å². The van der Waals surface area contributed by atoms with E-state index in [1.165, 1.54) is 6.08 Å². The van der Waals surface area contributed by atoms with Gasteiger partial charge in [-0.15, -0.1) is 0 Å². The van der Waals surface area contributed by atoms with Crippen LogP contribution < -0.4 is 0 Å². The van der Waals surface area contributed by atoms with Crippen LogP contribution in [0, 0.1) is 3.57 Å². The second-order valence-corrected chi connectivity index (χ2v) is 4.83. The maximum absolute atomic E-state index is 11.1. The topological polar surface area (TPSA) is 26.3 Å². The summed E-state index contributed by atoms with van der Waals surface area (Å²) >= 11 is 5.60. The second kappa shape index (κ2) is 6.27. The third-order valence-corrected chi connectivity index (χ3v) is 3.12. The summed E-state index contributed by atoms with van der Waals surface area (Å²) in [5.74, 6) is -0.312. The van der Waals surface area contributed by atoms with Gasteiger partial charge in [0.2, 0.25) is 0 Å². The first-order valence-corrected chi connectivity index (χ1v) is 6.30. The highest BCUT2D eigenvalue weighted by Crippen LogP contribution is 2.19. The summed E-state index contributed by atoms with van der Waals surface area (Å²) in [6, 6.07) is 5.90. The Morgan fingerprint density at radius 3 is 3.00 bits per heavy atom. The van der Waals surface area contributed by atoms with Crippen molar-refractivity contribution in [3.63, 3.8) is 0 Å². The van der Waals surface area contributed by atoms with Crippen LogP contribution in [0.2, 0.25) is 0 Å². The summed E-state index contributed by atoms with van der Waals surface area (Å²) in [6.45, 7) is 2.19. The van der Waals surface area contributed by atoms with Gasteiger partial charge in [-0.1, -0.05) is 15.9 Å². The highest BCUT2D eigenvalue weighted by molar-refractivity contribution is 14.1. The first-order valence-electron chi connectivity index (χ1n) is 4.43. The fourth-order valence-corrected chi connectivity index (χ4v) is 1.88. The molecule has 4 heteroatoms. The zero-order chi connectivity index (χ0) is 11.3. The van der Waals surface area contributed by atoms with Crippen molar-refractivity contribution in [2.75, 3.05) is 6.61 Å². The summed E-state index contributed by atoms with van der Waals surface area (Å²) in [4.78, 5) is 11.1. The van der Waals surface area contributed by atoms with Crippen LogP contribution >= 0.6 is 38.5 Å². The lowest BCUT2D eigenvalue weighted by atomic mass is 10.2. The Morgan fingerprint density at radius 2 is 2.33 bits per heavy atom. The largest absolute Gasteiger partial charge is 0.463 e. The van der Waals surface area contributed by atoms with Crippen molar-refractivity contribution in [1.29, 1.82) is 0 Å². The zero-order valence-electron chi connectivity index (χ0n) is 8.17. The maximum Gasteiger partial charge on any atom is 0.330 e. The number of esters is 1. The predicted octanol–water partition coefficient (Wildman–Crippen LogP) is 3.63. The molecule has 0 spiro atoms. The Kier molecular flexibility index (Phi) is 5.31. The van der Waals surface area contributed by atoms with E-state index in [1.807, 2.05) is 18.2 Å². The van der Waals surface area contributed by atoms with Gasteiger partial charge in [-0.2, -0.15) is 0 Å². The molecule has 0 aliphatic heterocycles. The molecule has 1 aromatic carbocycles. The van der Waals surface area contributed by atoms with E-state index in [-0.39, 0.29) is 5.97 Å². The maximum atomic E-state index is 11.1. The summed E-state index contributed by atoms with van der Waals surface area (Å²) in [5.41, 5.74) is 0.998. The zero-order valence-corrected chi connectivity index (χ0v) is 11.9. The van der Waals surface area contributed by atoms with Crippen LogP contribution in [0.3, 0.4) is 0 Å². The lowest BCUT2D eigenvalue weighted by Crippen LogP contribution is -1.98. The number of hydrogen-bond acceptors (Lipinski definition) is 2. The Morgan fingerprint density at radius 1 is 1.60 bits per heavy atom. The van der Waals surface area contributed by atoms with Crippen molar-refractivity contribution in [3.05, 3.63) is 37.9 Å². The van der Waals surface area contributed by atoms with Gasteiger partial charge in [-0.3, -0.25) is 0 Å². The van der Waals surface area contributed by atoms with Crippen LogP contribution in [0.1, 0.15) is 12.5 Å². The summed E-state index contributed by atoms with van der Waals surface area (Å²) < 4.78 is 6.88. The monoisotopic (exact) mass is 380 g/mol. The summed E-state index contributed by atoms with van der Waals surface area (Å²) in [5, 5.41) is 0. The fraction of sp³-hybridized carbons (Fsp3) is 0.182. The van der Waals surface area contributed by atoms with E-state index in [1.54, 1.807) is 13.0 Å². The van der Waals surface area contributed by atoms with Gasteiger partial charge in [0.1, 0.15) is 0 Å². The smallest absolute Gasteiger partial charge is 0.330 e. The molecule has 0 aromatic heterocycles.